The number of fused-ring (bicyclic) bond motifs is 3. The van der Waals surface area contributed by atoms with Crippen LogP contribution >= 0.6 is 0 Å². The molecule has 0 aromatic heterocycles. The number of rotatable bonds is 6. The SMILES string of the molecule is O=C(O)CNC(=O)C1CCCC1NC(=O)OCC1c2ccccc2-c2ccccc21. The number of nitrogens with one attached hydrogen (secondary N) is 2. The lowest BCUT2D eigenvalue weighted by atomic mass is 9.98. The molecule has 0 saturated heterocycles. The van der Waals surface area contributed by atoms with E-state index in [0.717, 1.165) is 28.7 Å². The Morgan fingerprint density at radius 2 is 1.60 bits per heavy atom. The Hall–Kier alpha value is -3.35. The first kappa shape index (κ1) is 19.9. The Morgan fingerprint density at radius 3 is 2.23 bits per heavy atom. The predicted molar refractivity (Wildman–Crippen MR) is 110 cm³/mol. The molecule has 7 heteroatoms. The zero-order chi connectivity index (χ0) is 21.1. The minimum absolute atomic E-state index is 0.0265. The Morgan fingerprint density at radius 1 is 0.967 bits per heavy atom. The van der Waals surface area contributed by atoms with E-state index in [4.69, 9.17) is 9.84 Å². The molecular formula is C23H24N2O5. The van der Waals surface area contributed by atoms with Crippen molar-refractivity contribution in [3.8, 4) is 11.1 Å². The minimum atomic E-state index is -1.10. The first-order valence-electron chi connectivity index (χ1n) is 10.2. The van der Waals surface area contributed by atoms with Gasteiger partial charge >= 0.3 is 12.1 Å². The topological polar surface area (TPSA) is 105 Å². The van der Waals surface area contributed by atoms with Gasteiger partial charge in [-0.25, -0.2) is 4.79 Å². The highest BCUT2D eigenvalue weighted by Gasteiger charge is 2.35. The van der Waals surface area contributed by atoms with E-state index in [2.05, 4.69) is 34.9 Å². The highest BCUT2D eigenvalue weighted by atomic mass is 16.5. The summed E-state index contributed by atoms with van der Waals surface area (Å²) < 4.78 is 5.55. The van der Waals surface area contributed by atoms with Gasteiger partial charge in [0.2, 0.25) is 5.91 Å². The quantitative estimate of drug-likeness (QED) is 0.682. The van der Waals surface area contributed by atoms with Crippen molar-refractivity contribution in [3.63, 3.8) is 0 Å². The zero-order valence-electron chi connectivity index (χ0n) is 16.5. The monoisotopic (exact) mass is 408 g/mol. The molecule has 0 bridgehead atoms. The summed E-state index contributed by atoms with van der Waals surface area (Å²) >= 11 is 0. The van der Waals surface area contributed by atoms with Crippen LogP contribution in [0.5, 0.6) is 0 Å². The Kier molecular flexibility index (Phi) is 5.70. The van der Waals surface area contributed by atoms with Crippen molar-refractivity contribution < 1.29 is 24.2 Å². The number of carbonyl (C=O) groups is 3. The maximum absolute atomic E-state index is 12.5. The van der Waals surface area contributed by atoms with Crippen molar-refractivity contribution in [2.45, 2.75) is 31.2 Å². The second kappa shape index (κ2) is 8.57. The van der Waals surface area contributed by atoms with E-state index in [9.17, 15) is 14.4 Å². The molecule has 2 amide bonds. The minimum Gasteiger partial charge on any atom is -0.480 e. The average molecular weight is 408 g/mol. The molecule has 0 heterocycles. The maximum Gasteiger partial charge on any atom is 0.407 e. The predicted octanol–water partition coefficient (Wildman–Crippen LogP) is 2.89. The van der Waals surface area contributed by atoms with E-state index in [-0.39, 0.29) is 24.5 Å². The number of benzene rings is 2. The highest BCUT2D eigenvalue weighted by molar-refractivity contribution is 5.84. The molecular weight excluding hydrogens is 384 g/mol. The Balaban J connectivity index is 1.37. The van der Waals surface area contributed by atoms with Gasteiger partial charge in [0.15, 0.2) is 0 Å². The van der Waals surface area contributed by atoms with E-state index in [1.54, 1.807) is 0 Å². The van der Waals surface area contributed by atoms with Gasteiger partial charge in [-0.2, -0.15) is 0 Å². The van der Waals surface area contributed by atoms with Crippen LogP contribution in [0.15, 0.2) is 48.5 Å². The summed E-state index contributed by atoms with van der Waals surface area (Å²) in [5, 5.41) is 13.9. The number of alkyl carbamates (subject to hydrolysis) is 1. The van der Waals surface area contributed by atoms with Crippen LogP contribution in [0.25, 0.3) is 11.1 Å². The van der Waals surface area contributed by atoms with Gasteiger partial charge in [-0.15, -0.1) is 0 Å². The molecule has 3 N–H and O–H groups in total. The first-order valence-corrected chi connectivity index (χ1v) is 10.2. The summed E-state index contributed by atoms with van der Waals surface area (Å²) in [5.74, 6) is -1.91. The van der Waals surface area contributed by atoms with Crippen molar-refractivity contribution in [2.75, 3.05) is 13.2 Å². The summed E-state index contributed by atoms with van der Waals surface area (Å²) in [6, 6.07) is 15.9. The number of carboxylic acids is 1. The molecule has 2 unspecified atom stereocenters. The third kappa shape index (κ3) is 4.01. The third-order valence-corrected chi connectivity index (χ3v) is 5.91. The van der Waals surface area contributed by atoms with Crippen LogP contribution in [0.3, 0.4) is 0 Å². The van der Waals surface area contributed by atoms with E-state index >= 15 is 0 Å². The van der Waals surface area contributed by atoms with Crippen molar-refractivity contribution in [2.24, 2.45) is 5.92 Å². The van der Waals surface area contributed by atoms with Crippen LogP contribution in [0, 0.1) is 5.92 Å². The van der Waals surface area contributed by atoms with Crippen molar-refractivity contribution >= 4 is 18.0 Å². The second-order valence-corrected chi connectivity index (χ2v) is 7.73. The lowest BCUT2D eigenvalue weighted by Gasteiger charge is -2.21. The molecule has 2 atom stereocenters. The Labute approximate surface area is 174 Å². The van der Waals surface area contributed by atoms with E-state index in [1.807, 2.05) is 24.3 Å². The number of aliphatic carboxylic acids is 1. The maximum atomic E-state index is 12.5. The first-order chi connectivity index (χ1) is 14.5. The van der Waals surface area contributed by atoms with Gasteiger partial charge in [0.1, 0.15) is 13.2 Å². The van der Waals surface area contributed by atoms with Crippen LogP contribution in [-0.4, -0.2) is 42.3 Å². The lowest BCUT2D eigenvalue weighted by Crippen LogP contribution is -2.45. The fourth-order valence-corrected chi connectivity index (χ4v) is 4.53. The van der Waals surface area contributed by atoms with Crippen LogP contribution in [0.2, 0.25) is 0 Å². The van der Waals surface area contributed by atoms with Gasteiger partial charge < -0.3 is 20.5 Å². The molecule has 2 aliphatic rings. The van der Waals surface area contributed by atoms with E-state index in [1.165, 1.54) is 0 Å². The molecule has 0 spiro atoms. The molecule has 30 heavy (non-hydrogen) atoms. The van der Waals surface area contributed by atoms with Gasteiger partial charge in [-0.05, 0) is 35.1 Å². The summed E-state index contributed by atoms with van der Waals surface area (Å²) in [5.41, 5.74) is 4.60. The molecule has 0 aliphatic heterocycles. The highest BCUT2D eigenvalue weighted by Crippen LogP contribution is 2.44. The van der Waals surface area contributed by atoms with Crippen LogP contribution < -0.4 is 10.6 Å². The fourth-order valence-electron chi connectivity index (χ4n) is 4.53. The van der Waals surface area contributed by atoms with E-state index < -0.39 is 24.5 Å². The molecule has 2 aromatic carbocycles. The number of hydrogen-bond acceptors (Lipinski definition) is 4. The molecule has 0 radical (unpaired) electrons. The number of amides is 2. The van der Waals surface area contributed by atoms with Crippen LogP contribution in [-0.2, 0) is 14.3 Å². The van der Waals surface area contributed by atoms with Crippen LogP contribution in [0.4, 0.5) is 4.79 Å². The molecule has 1 fully saturated rings. The van der Waals surface area contributed by atoms with Gasteiger partial charge in [0.05, 0.1) is 5.92 Å². The summed E-state index contributed by atoms with van der Waals surface area (Å²) in [4.78, 5) is 35.3. The summed E-state index contributed by atoms with van der Waals surface area (Å²) in [7, 11) is 0. The van der Waals surface area contributed by atoms with Gasteiger partial charge in [-0.3, -0.25) is 9.59 Å². The number of carbonyl (C=O) groups excluding carboxylic acids is 2. The lowest BCUT2D eigenvalue weighted by molar-refractivity contribution is -0.138. The molecule has 7 nitrogen and oxygen atoms in total. The van der Waals surface area contributed by atoms with Crippen molar-refractivity contribution in [3.05, 3.63) is 59.7 Å². The number of hydrogen-bond donors (Lipinski definition) is 3. The molecule has 2 aliphatic carbocycles. The molecule has 156 valence electrons. The smallest absolute Gasteiger partial charge is 0.407 e. The van der Waals surface area contributed by atoms with Crippen LogP contribution in [0.1, 0.15) is 36.3 Å². The largest absolute Gasteiger partial charge is 0.480 e. The van der Waals surface area contributed by atoms with Crippen molar-refractivity contribution in [1.29, 1.82) is 0 Å². The zero-order valence-corrected chi connectivity index (χ0v) is 16.5. The average Bonchev–Trinajstić information content (AvgIpc) is 3.33. The second-order valence-electron chi connectivity index (χ2n) is 7.73. The van der Waals surface area contributed by atoms with Gasteiger partial charge in [0.25, 0.3) is 0 Å². The molecule has 1 saturated carbocycles. The molecule has 2 aromatic rings. The molecule has 4 rings (SSSR count). The Bertz CT molecular complexity index is 928. The summed E-state index contributed by atoms with van der Waals surface area (Å²) in [6.45, 7) is -0.213. The normalized spacial score (nSPS) is 19.6. The number of carboxylic acid groups (broad SMARTS) is 1. The van der Waals surface area contributed by atoms with Crippen molar-refractivity contribution in [1.82, 2.24) is 10.6 Å². The fraction of sp³-hybridized carbons (Fsp3) is 0.348. The number of ether oxygens (including phenoxy) is 1. The summed E-state index contributed by atoms with van der Waals surface area (Å²) in [6.07, 6.45) is 1.51. The third-order valence-electron chi connectivity index (χ3n) is 5.91. The standard InChI is InChI=1S/C23H24N2O5/c26-21(27)12-24-22(28)18-10-5-11-20(18)25-23(29)30-13-19-16-8-3-1-6-14(16)15-7-2-4-9-17(15)19/h1-4,6-9,18-20H,5,10-13H2,(H,24,28)(H,25,29)(H,26,27). The van der Waals surface area contributed by atoms with Gasteiger partial charge in [-0.1, -0.05) is 55.0 Å². The van der Waals surface area contributed by atoms with Gasteiger partial charge in [0, 0.05) is 12.0 Å². The van der Waals surface area contributed by atoms with E-state index in [0.29, 0.717) is 12.8 Å².